The molecule has 2 N–H and O–H groups in total. The Hall–Kier alpha value is -1.49. The van der Waals surface area contributed by atoms with Crippen molar-refractivity contribution in [3.05, 3.63) is 0 Å². The van der Waals surface area contributed by atoms with Crippen LogP contribution in [0.2, 0.25) is 0 Å². The SMILES string of the molecule is CC1C2CC(C1C)C(F)(CC(OCOC1CC3CC1C(CC(O)(C(F)(F)F)C(F)(F)F)C3CC(O)(C(F)(F)F)C(F)(F)F)(C(F)(F)F)C(F)(F)F)C2. The summed E-state index contributed by atoms with van der Waals surface area (Å²) in [4.78, 5) is 0. The maximum Gasteiger partial charge on any atom is 0.426 e. The zero-order chi connectivity index (χ0) is 40.3. The van der Waals surface area contributed by atoms with Gasteiger partial charge in [-0.15, -0.1) is 0 Å². The molecule has 4 fully saturated rings. The first kappa shape index (κ1) is 43.2. The molecule has 0 aliphatic heterocycles. The van der Waals surface area contributed by atoms with Gasteiger partial charge in [0.1, 0.15) is 12.5 Å². The Kier molecular flexibility index (Phi) is 10.6. The summed E-state index contributed by atoms with van der Waals surface area (Å²) in [5.41, 5.74) is -19.8. The highest BCUT2D eigenvalue weighted by Gasteiger charge is 2.78. The number of hydrogen-bond donors (Lipinski definition) is 2. The molecular weight excluding hydrogens is 773 g/mol. The van der Waals surface area contributed by atoms with E-state index >= 15 is 4.39 Å². The van der Waals surface area contributed by atoms with E-state index in [0.717, 1.165) is 0 Å². The minimum atomic E-state index is -6.65. The van der Waals surface area contributed by atoms with Gasteiger partial charge in [-0.3, -0.25) is 0 Å². The minimum Gasteiger partial charge on any atom is -0.374 e. The van der Waals surface area contributed by atoms with Crippen molar-refractivity contribution in [3.63, 3.8) is 0 Å². The van der Waals surface area contributed by atoms with Crippen LogP contribution in [0.5, 0.6) is 0 Å². The summed E-state index contributed by atoms with van der Waals surface area (Å²) in [6, 6.07) is 0. The second-order valence-electron chi connectivity index (χ2n) is 14.9. The van der Waals surface area contributed by atoms with E-state index in [1.165, 1.54) is 6.92 Å². The van der Waals surface area contributed by atoms with E-state index in [9.17, 15) is 89.2 Å². The number of ether oxygens (including phenoxy) is 2. The Morgan fingerprint density at radius 2 is 1.02 bits per heavy atom. The van der Waals surface area contributed by atoms with Crippen molar-refractivity contribution in [1.82, 2.24) is 0 Å². The van der Waals surface area contributed by atoms with E-state index in [-0.39, 0.29) is 12.3 Å². The average Bonchev–Trinajstić information content (AvgIpc) is 3.65. The Bertz CT molecular complexity index is 1240. The molecule has 0 heterocycles. The third-order valence-corrected chi connectivity index (χ3v) is 12.3. The van der Waals surface area contributed by atoms with Crippen molar-refractivity contribution in [2.45, 2.75) is 124 Å². The van der Waals surface area contributed by atoms with Crippen LogP contribution in [0.25, 0.3) is 0 Å². The Labute approximate surface area is 282 Å². The van der Waals surface area contributed by atoms with Gasteiger partial charge in [0.2, 0.25) is 0 Å². The molecule has 4 aliphatic carbocycles. The van der Waals surface area contributed by atoms with Crippen LogP contribution >= 0.6 is 0 Å². The highest BCUT2D eigenvalue weighted by atomic mass is 19.4. The predicted molar refractivity (Wildman–Crippen MR) is 135 cm³/mol. The normalized spacial score (nSPS) is 35.2. The summed E-state index contributed by atoms with van der Waals surface area (Å²) >= 11 is 0. The van der Waals surface area contributed by atoms with Gasteiger partial charge in [-0.05, 0) is 85.9 Å². The van der Waals surface area contributed by atoms with E-state index in [4.69, 9.17) is 4.74 Å². The number of halogens is 19. The molecule has 23 heteroatoms. The summed E-state index contributed by atoms with van der Waals surface area (Å²) in [5, 5.41) is 19.5. The molecule has 4 rings (SSSR count). The number of hydrogen-bond acceptors (Lipinski definition) is 4. The Morgan fingerprint density at radius 1 is 0.577 bits per heavy atom. The topological polar surface area (TPSA) is 58.9 Å². The second kappa shape index (κ2) is 12.8. The molecule has 0 aromatic heterocycles. The van der Waals surface area contributed by atoms with Crippen LogP contribution in [-0.2, 0) is 9.47 Å². The number of alkyl halides is 19. The zero-order valence-electron chi connectivity index (χ0n) is 26.7. The maximum atomic E-state index is 16.1. The fourth-order valence-electron chi connectivity index (χ4n) is 9.32. The molecule has 10 unspecified atom stereocenters. The van der Waals surface area contributed by atoms with Crippen molar-refractivity contribution in [2.75, 3.05) is 6.79 Å². The summed E-state index contributed by atoms with van der Waals surface area (Å²) in [6.45, 7) is 0.986. The van der Waals surface area contributed by atoms with Gasteiger partial charge in [-0.25, -0.2) is 4.39 Å². The molecule has 0 aromatic rings. The van der Waals surface area contributed by atoms with Crippen molar-refractivity contribution < 1.29 is 103 Å². The number of fused-ring (bicyclic) bond motifs is 4. The van der Waals surface area contributed by atoms with E-state index in [1.54, 1.807) is 6.92 Å². The summed E-state index contributed by atoms with van der Waals surface area (Å²) in [6.07, 6.45) is -51.4. The predicted octanol–water partition coefficient (Wildman–Crippen LogP) is 9.38. The van der Waals surface area contributed by atoms with Crippen LogP contribution in [0.4, 0.5) is 83.4 Å². The van der Waals surface area contributed by atoms with Gasteiger partial charge in [0.05, 0.1) is 6.10 Å². The smallest absolute Gasteiger partial charge is 0.374 e. The van der Waals surface area contributed by atoms with E-state index in [1.807, 2.05) is 0 Å². The molecule has 0 aromatic carbocycles. The highest BCUT2D eigenvalue weighted by Crippen LogP contribution is 2.65. The average molecular weight is 807 g/mol. The molecule has 0 radical (unpaired) electrons. The van der Waals surface area contributed by atoms with Crippen LogP contribution in [-0.4, -0.2) is 82.6 Å². The Balaban J connectivity index is 1.65. The van der Waals surface area contributed by atoms with Crippen molar-refractivity contribution >= 4 is 0 Å². The van der Waals surface area contributed by atoms with E-state index < -0.39 is 152 Å². The van der Waals surface area contributed by atoms with Crippen LogP contribution in [0, 0.1) is 47.3 Å². The van der Waals surface area contributed by atoms with Crippen molar-refractivity contribution in [1.29, 1.82) is 0 Å². The lowest BCUT2D eigenvalue weighted by Crippen LogP contribution is -2.63. The molecule has 4 saturated carbocycles. The van der Waals surface area contributed by atoms with E-state index in [2.05, 4.69) is 4.74 Å². The summed E-state index contributed by atoms with van der Waals surface area (Å²) in [7, 11) is 0. The lowest BCUT2D eigenvalue weighted by atomic mass is 9.68. The van der Waals surface area contributed by atoms with Gasteiger partial charge in [-0.1, -0.05) is 13.8 Å². The lowest BCUT2D eigenvalue weighted by Gasteiger charge is -2.45. The fraction of sp³-hybridized carbons (Fsp3) is 1.00. The number of aliphatic hydroxyl groups is 2. The monoisotopic (exact) mass is 806 g/mol. The molecule has 0 spiro atoms. The summed E-state index contributed by atoms with van der Waals surface area (Å²) in [5.74, 6) is -11.7. The van der Waals surface area contributed by atoms with Crippen molar-refractivity contribution in [2.24, 2.45) is 47.3 Å². The van der Waals surface area contributed by atoms with Crippen molar-refractivity contribution in [3.8, 4) is 0 Å². The van der Waals surface area contributed by atoms with Crippen LogP contribution in [0.1, 0.15) is 58.8 Å². The zero-order valence-corrected chi connectivity index (χ0v) is 26.7. The molecule has 4 nitrogen and oxygen atoms in total. The first-order valence-electron chi connectivity index (χ1n) is 15.8. The second-order valence-corrected chi connectivity index (χ2v) is 14.9. The minimum absolute atomic E-state index is 0.0329. The van der Waals surface area contributed by atoms with Crippen LogP contribution < -0.4 is 0 Å². The molecule has 306 valence electrons. The first-order chi connectivity index (χ1) is 23.0. The van der Waals surface area contributed by atoms with Gasteiger partial charge < -0.3 is 19.7 Å². The lowest BCUT2D eigenvalue weighted by molar-refractivity contribution is -0.404. The largest absolute Gasteiger partial charge is 0.426 e. The highest BCUT2D eigenvalue weighted by molar-refractivity contribution is 5.13. The number of rotatable bonds is 10. The summed E-state index contributed by atoms with van der Waals surface area (Å²) < 4.78 is 274. The Morgan fingerprint density at radius 3 is 1.40 bits per heavy atom. The molecule has 10 atom stereocenters. The van der Waals surface area contributed by atoms with Gasteiger partial charge in [0.25, 0.3) is 16.8 Å². The quantitative estimate of drug-likeness (QED) is 0.171. The maximum absolute atomic E-state index is 16.1. The van der Waals surface area contributed by atoms with Gasteiger partial charge in [0, 0.05) is 6.42 Å². The molecular formula is C29H33F19O4. The third-order valence-electron chi connectivity index (χ3n) is 12.3. The molecule has 0 amide bonds. The van der Waals surface area contributed by atoms with Crippen LogP contribution in [0.3, 0.4) is 0 Å². The molecule has 4 aliphatic rings. The van der Waals surface area contributed by atoms with Crippen LogP contribution in [0.15, 0.2) is 0 Å². The van der Waals surface area contributed by atoms with Gasteiger partial charge >= 0.3 is 37.1 Å². The van der Waals surface area contributed by atoms with E-state index in [0.29, 0.717) is 0 Å². The standard InChI is InChI=1S/C29H33F19O4/c1-11-12(2)18-4-14(11)6-20(18,30)9-23(28(43,44)45,29(46,47)48)52-10-51-19-5-13-3-15(19)17(8-22(50,26(37,38)39)27(40,41)42)16(13)7-21(49,24(31,32)33)25(34,35)36/h11-19,49-50H,3-10H2,1-2H3. The molecule has 4 bridgehead atoms. The van der Waals surface area contributed by atoms with Gasteiger partial charge in [-0.2, -0.15) is 79.0 Å². The van der Waals surface area contributed by atoms with Gasteiger partial charge in [0.15, 0.2) is 0 Å². The molecule has 52 heavy (non-hydrogen) atoms. The fourth-order valence-corrected chi connectivity index (χ4v) is 9.32. The third kappa shape index (κ3) is 6.84. The first-order valence-corrected chi connectivity index (χ1v) is 15.8. The molecule has 0 saturated heterocycles.